The third kappa shape index (κ3) is 6.30. The number of carbonyl (C=O) groups excluding carboxylic acids is 2. The van der Waals surface area contributed by atoms with E-state index >= 15 is 0 Å². The summed E-state index contributed by atoms with van der Waals surface area (Å²) in [4.78, 5) is 39.1. The SMILES string of the molecule is Cc1[nH]c(C=C2C(=O)Nc3ccccc32)c(C)c1CCC(=O)N1CCNCC1.O=C(O)C(F)(F)F. The molecule has 0 atom stereocenters. The fourth-order valence-electron chi connectivity index (χ4n) is 4.07. The average molecular weight is 492 g/mol. The van der Waals surface area contributed by atoms with E-state index < -0.39 is 12.1 Å². The summed E-state index contributed by atoms with van der Waals surface area (Å²) in [5.41, 5.74) is 6.71. The number of carboxylic acids is 1. The van der Waals surface area contributed by atoms with Gasteiger partial charge >= 0.3 is 12.1 Å². The molecule has 4 rings (SSSR count). The summed E-state index contributed by atoms with van der Waals surface area (Å²) >= 11 is 0. The molecule has 0 unspecified atom stereocenters. The Morgan fingerprint density at radius 2 is 1.77 bits per heavy atom. The van der Waals surface area contributed by atoms with Crippen LogP contribution in [0.5, 0.6) is 0 Å². The fourth-order valence-corrected chi connectivity index (χ4v) is 4.07. The molecule has 1 aromatic heterocycles. The molecule has 35 heavy (non-hydrogen) atoms. The van der Waals surface area contributed by atoms with Gasteiger partial charge in [-0.3, -0.25) is 9.59 Å². The number of nitrogens with zero attached hydrogens (tertiary/aromatic N) is 1. The minimum Gasteiger partial charge on any atom is -0.475 e. The molecule has 3 heterocycles. The van der Waals surface area contributed by atoms with Gasteiger partial charge in [-0.05, 0) is 43.5 Å². The van der Waals surface area contributed by atoms with E-state index in [1.165, 1.54) is 5.56 Å². The Hall–Kier alpha value is -3.60. The number of carboxylic acid groups (broad SMARTS) is 1. The Morgan fingerprint density at radius 3 is 2.40 bits per heavy atom. The lowest BCUT2D eigenvalue weighted by Gasteiger charge is -2.27. The number of halogens is 3. The van der Waals surface area contributed by atoms with Crippen LogP contribution in [0.2, 0.25) is 0 Å². The van der Waals surface area contributed by atoms with Gasteiger partial charge in [-0.25, -0.2) is 4.79 Å². The van der Waals surface area contributed by atoms with Crippen molar-refractivity contribution in [3.63, 3.8) is 0 Å². The molecule has 0 spiro atoms. The molecule has 0 bridgehead atoms. The number of aryl methyl sites for hydroxylation is 1. The Kier molecular flexibility index (Phi) is 8.00. The van der Waals surface area contributed by atoms with Crippen LogP contribution in [0.1, 0.15) is 34.5 Å². The highest BCUT2D eigenvalue weighted by molar-refractivity contribution is 6.34. The number of nitrogens with one attached hydrogen (secondary N) is 3. The van der Waals surface area contributed by atoms with Gasteiger partial charge in [-0.1, -0.05) is 18.2 Å². The van der Waals surface area contributed by atoms with Crippen molar-refractivity contribution >= 4 is 35.1 Å². The molecule has 0 radical (unpaired) electrons. The lowest BCUT2D eigenvalue weighted by Crippen LogP contribution is -2.46. The molecule has 4 N–H and O–H groups in total. The fraction of sp³-hybridized carbons (Fsp3) is 0.375. The number of anilines is 1. The summed E-state index contributed by atoms with van der Waals surface area (Å²) in [7, 11) is 0. The molecule has 1 saturated heterocycles. The summed E-state index contributed by atoms with van der Waals surface area (Å²) in [5.74, 6) is -2.62. The number of hydrogen-bond donors (Lipinski definition) is 4. The number of aromatic amines is 1. The van der Waals surface area contributed by atoms with Gasteiger partial charge in [0.05, 0.1) is 5.57 Å². The van der Waals surface area contributed by atoms with Crippen molar-refractivity contribution in [2.75, 3.05) is 31.5 Å². The topological polar surface area (TPSA) is 115 Å². The number of aromatic nitrogens is 1. The van der Waals surface area contributed by atoms with Crippen LogP contribution in [0.3, 0.4) is 0 Å². The van der Waals surface area contributed by atoms with Crippen molar-refractivity contribution in [2.45, 2.75) is 32.9 Å². The predicted octanol–water partition coefficient (Wildman–Crippen LogP) is 3.12. The van der Waals surface area contributed by atoms with E-state index in [0.29, 0.717) is 18.4 Å². The van der Waals surface area contributed by atoms with Gasteiger partial charge in [0.25, 0.3) is 5.91 Å². The van der Waals surface area contributed by atoms with Gasteiger partial charge in [0.1, 0.15) is 0 Å². The van der Waals surface area contributed by atoms with Gasteiger partial charge in [-0.15, -0.1) is 0 Å². The third-order valence-electron chi connectivity index (χ3n) is 5.93. The first kappa shape index (κ1) is 26.0. The second kappa shape index (κ2) is 10.8. The van der Waals surface area contributed by atoms with Crippen LogP contribution in [-0.2, 0) is 20.8 Å². The second-order valence-electron chi connectivity index (χ2n) is 8.26. The highest BCUT2D eigenvalue weighted by atomic mass is 19.4. The Labute approximate surface area is 200 Å². The Balaban J connectivity index is 0.000000429. The predicted molar refractivity (Wildman–Crippen MR) is 125 cm³/mol. The highest BCUT2D eigenvalue weighted by Gasteiger charge is 2.38. The molecule has 1 fully saturated rings. The maximum atomic E-state index is 12.5. The maximum absolute atomic E-state index is 12.5. The highest BCUT2D eigenvalue weighted by Crippen LogP contribution is 2.33. The molecule has 11 heteroatoms. The van der Waals surface area contributed by atoms with Crippen LogP contribution >= 0.6 is 0 Å². The van der Waals surface area contributed by atoms with Crippen molar-refractivity contribution in [3.8, 4) is 0 Å². The van der Waals surface area contributed by atoms with Crippen LogP contribution in [0.25, 0.3) is 11.6 Å². The molecule has 2 amide bonds. The Bertz CT molecular complexity index is 1150. The molecule has 2 aromatic rings. The lowest BCUT2D eigenvalue weighted by atomic mass is 10.0. The number of para-hydroxylation sites is 1. The molecular formula is C24H27F3N4O4. The number of alkyl halides is 3. The standard InChI is InChI=1S/C22H26N4O2.C2HF3O2/c1-14-16(7-8-21(27)26-11-9-23-10-12-26)15(2)24-20(14)13-18-17-5-3-4-6-19(17)25-22(18)28;3-2(4,5)1(6)7/h3-6,13,23-24H,7-12H2,1-2H3,(H,25,28);(H,6,7). The van der Waals surface area contributed by atoms with Crippen molar-refractivity contribution < 1.29 is 32.7 Å². The van der Waals surface area contributed by atoms with Crippen molar-refractivity contribution in [3.05, 3.63) is 52.3 Å². The van der Waals surface area contributed by atoms with E-state index in [4.69, 9.17) is 9.90 Å². The van der Waals surface area contributed by atoms with Crippen molar-refractivity contribution in [1.29, 1.82) is 0 Å². The first-order valence-corrected chi connectivity index (χ1v) is 11.1. The quantitative estimate of drug-likeness (QED) is 0.490. The number of H-pyrrole nitrogens is 1. The molecule has 1 aromatic carbocycles. The third-order valence-corrected chi connectivity index (χ3v) is 5.93. The van der Waals surface area contributed by atoms with Gasteiger partial charge in [0, 0.05) is 55.2 Å². The largest absolute Gasteiger partial charge is 0.490 e. The van der Waals surface area contributed by atoms with Crippen molar-refractivity contribution in [1.82, 2.24) is 15.2 Å². The number of amides is 2. The van der Waals surface area contributed by atoms with Crippen LogP contribution in [0.15, 0.2) is 24.3 Å². The van der Waals surface area contributed by atoms with Crippen LogP contribution in [-0.4, -0.2) is 65.1 Å². The molecule has 2 aliphatic rings. The number of hydrogen-bond acceptors (Lipinski definition) is 4. The molecule has 0 saturated carbocycles. The number of carbonyl (C=O) groups is 3. The summed E-state index contributed by atoms with van der Waals surface area (Å²) in [5, 5.41) is 13.3. The first-order chi connectivity index (χ1) is 16.5. The van der Waals surface area contributed by atoms with Gasteiger partial charge < -0.3 is 25.6 Å². The van der Waals surface area contributed by atoms with E-state index in [-0.39, 0.29) is 11.8 Å². The number of benzene rings is 1. The monoisotopic (exact) mass is 492 g/mol. The summed E-state index contributed by atoms with van der Waals surface area (Å²) in [6, 6.07) is 7.72. The molecule has 2 aliphatic heterocycles. The maximum Gasteiger partial charge on any atom is 0.490 e. The van der Waals surface area contributed by atoms with Gasteiger partial charge in [0.15, 0.2) is 0 Å². The number of rotatable bonds is 4. The Morgan fingerprint density at radius 1 is 1.14 bits per heavy atom. The zero-order valence-electron chi connectivity index (χ0n) is 19.4. The van der Waals surface area contributed by atoms with Crippen LogP contribution in [0.4, 0.5) is 18.9 Å². The van der Waals surface area contributed by atoms with Gasteiger partial charge in [0.2, 0.25) is 5.91 Å². The second-order valence-corrected chi connectivity index (χ2v) is 8.26. The minimum atomic E-state index is -5.08. The zero-order valence-corrected chi connectivity index (χ0v) is 19.4. The smallest absolute Gasteiger partial charge is 0.475 e. The summed E-state index contributed by atoms with van der Waals surface area (Å²) in [6.07, 6.45) is -1.94. The van der Waals surface area contributed by atoms with Crippen molar-refractivity contribution in [2.24, 2.45) is 0 Å². The molecule has 0 aliphatic carbocycles. The van der Waals surface area contributed by atoms with Crippen LogP contribution in [0, 0.1) is 13.8 Å². The van der Waals surface area contributed by atoms with Crippen LogP contribution < -0.4 is 10.6 Å². The number of fused-ring (bicyclic) bond motifs is 1. The van der Waals surface area contributed by atoms with Gasteiger partial charge in [-0.2, -0.15) is 13.2 Å². The zero-order chi connectivity index (χ0) is 25.8. The average Bonchev–Trinajstić information content (AvgIpc) is 3.27. The van der Waals surface area contributed by atoms with E-state index in [9.17, 15) is 22.8 Å². The summed E-state index contributed by atoms with van der Waals surface area (Å²) in [6.45, 7) is 7.40. The molecular weight excluding hydrogens is 465 g/mol. The minimum absolute atomic E-state index is 0.0803. The van der Waals surface area contributed by atoms with E-state index in [1.54, 1.807) is 0 Å². The normalized spacial score (nSPS) is 16.4. The van der Waals surface area contributed by atoms with E-state index in [2.05, 4.69) is 22.5 Å². The van der Waals surface area contributed by atoms with E-state index in [1.807, 2.05) is 42.2 Å². The molecule has 8 nitrogen and oxygen atoms in total. The lowest BCUT2D eigenvalue weighted by molar-refractivity contribution is -0.192. The number of aliphatic carboxylic acids is 1. The van der Waals surface area contributed by atoms with E-state index in [0.717, 1.165) is 54.4 Å². The summed E-state index contributed by atoms with van der Waals surface area (Å²) < 4.78 is 31.7. The molecule has 188 valence electrons. The first-order valence-electron chi connectivity index (χ1n) is 11.1. The number of piperazine rings is 1.